The number of hydrogen-bond donors (Lipinski definition) is 0. The molecule has 2 aromatic rings. The van der Waals surface area contributed by atoms with Crippen LogP contribution < -0.4 is 4.74 Å². The summed E-state index contributed by atoms with van der Waals surface area (Å²) in [6.07, 6.45) is 4.13. The van der Waals surface area contributed by atoms with Crippen LogP contribution in [0.25, 0.3) is 10.9 Å². The van der Waals surface area contributed by atoms with Crippen LogP contribution in [0.2, 0.25) is 0 Å². The smallest absolute Gasteiger partial charge is 0.315 e. The van der Waals surface area contributed by atoms with Gasteiger partial charge in [0.25, 0.3) is 0 Å². The summed E-state index contributed by atoms with van der Waals surface area (Å²) in [6.45, 7) is 7.90. The molecule has 0 N–H and O–H groups in total. The lowest BCUT2D eigenvalue weighted by Crippen LogP contribution is -2.78. The monoisotopic (exact) mass is 409 g/mol. The van der Waals surface area contributed by atoms with Crippen molar-refractivity contribution >= 4 is 16.9 Å². The summed E-state index contributed by atoms with van der Waals surface area (Å²) >= 11 is 0. The Kier molecular flexibility index (Phi) is 4.17. The second kappa shape index (κ2) is 6.36. The van der Waals surface area contributed by atoms with Crippen LogP contribution in [-0.2, 0) is 28.5 Å². The normalized spacial score (nSPS) is 35.5. The minimum absolute atomic E-state index is 0.0146. The second-order valence-corrected chi connectivity index (χ2v) is 9.67. The first kappa shape index (κ1) is 19.7. The van der Waals surface area contributed by atoms with Crippen LogP contribution in [-0.4, -0.2) is 48.4 Å². The van der Waals surface area contributed by atoms with Crippen molar-refractivity contribution in [2.45, 2.75) is 45.2 Å². The van der Waals surface area contributed by atoms with E-state index in [0.717, 1.165) is 29.6 Å². The molecule has 0 spiro atoms. The number of carbonyl (C=O) groups is 1. The first-order chi connectivity index (χ1) is 14.3. The zero-order valence-corrected chi connectivity index (χ0v) is 19.0. The van der Waals surface area contributed by atoms with Gasteiger partial charge in [0, 0.05) is 31.2 Å². The van der Waals surface area contributed by atoms with E-state index < -0.39 is 0 Å². The molecule has 1 aromatic carbocycles. The third kappa shape index (κ3) is 2.14. The Balaban J connectivity index is 1.78. The number of carbonyl (C=O) groups excluding carboxylic acids is 1. The molecule has 5 atom stereocenters. The van der Waals surface area contributed by atoms with E-state index in [0.29, 0.717) is 6.61 Å². The van der Waals surface area contributed by atoms with Crippen molar-refractivity contribution in [2.75, 3.05) is 27.3 Å². The van der Waals surface area contributed by atoms with Crippen molar-refractivity contribution in [1.29, 1.82) is 0 Å². The highest BCUT2D eigenvalue weighted by atomic mass is 16.5. The molecule has 1 unspecified atom stereocenters. The number of likely N-dealkylation sites (N-methyl/N-ethyl adjacent to an activating group) is 1. The molecule has 0 amide bonds. The van der Waals surface area contributed by atoms with E-state index in [1.807, 2.05) is 13.0 Å². The van der Waals surface area contributed by atoms with Gasteiger partial charge in [0.2, 0.25) is 0 Å². The molecule has 4 aliphatic heterocycles. The molecule has 30 heavy (non-hydrogen) atoms. The van der Waals surface area contributed by atoms with Gasteiger partial charge in [-0.25, -0.2) is 0 Å². The zero-order valence-electron chi connectivity index (χ0n) is 19.0. The SMILES string of the molecule is C/C=C1/C[N+]2(C)[C@H]3Cc4c(n(C)c5c(OC)cccc45)[C@]2(C)C[C@@H]1[C@H]3C(=O)OCC. The number of quaternary nitrogens is 1. The lowest BCUT2D eigenvalue weighted by atomic mass is 9.57. The summed E-state index contributed by atoms with van der Waals surface area (Å²) in [7, 11) is 6.30. The quantitative estimate of drug-likeness (QED) is 0.438. The molecule has 5 heteroatoms. The van der Waals surface area contributed by atoms with E-state index in [-0.39, 0.29) is 29.4 Å². The van der Waals surface area contributed by atoms with Gasteiger partial charge < -0.3 is 18.5 Å². The lowest BCUT2D eigenvalue weighted by molar-refractivity contribution is -1.00. The molecular formula is C25H33N2O3+. The van der Waals surface area contributed by atoms with Gasteiger partial charge in [0.05, 0.1) is 32.0 Å². The molecule has 5 heterocycles. The van der Waals surface area contributed by atoms with Crippen LogP contribution in [0.15, 0.2) is 29.8 Å². The van der Waals surface area contributed by atoms with Gasteiger partial charge in [-0.15, -0.1) is 0 Å². The third-order valence-electron chi connectivity index (χ3n) is 8.67. The maximum absolute atomic E-state index is 13.2. The molecular weight excluding hydrogens is 376 g/mol. The summed E-state index contributed by atoms with van der Waals surface area (Å²) < 4.78 is 14.6. The standard InChI is InChI=1S/C25H33N2O3/c1-7-15-14-27(5)19-12-17-16-10-9-11-20(29-6)22(16)26(4)23(17)25(27,3)13-18(15)21(19)24(28)30-8-2/h7,9-11,18-19,21H,8,12-14H2,1-6H3/q+1/b15-7-/t18-,19-,21+,25-,27?/m0/s1. The average Bonchev–Trinajstić information content (AvgIpc) is 3.01. The van der Waals surface area contributed by atoms with E-state index in [9.17, 15) is 4.79 Å². The van der Waals surface area contributed by atoms with Gasteiger partial charge >= 0.3 is 5.97 Å². The number of benzene rings is 1. The number of para-hydroxylation sites is 1. The summed E-state index contributed by atoms with van der Waals surface area (Å²) in [5, 5.41) is 1.27. The Morgan fingerprint density at radius 2 is 2.17 bits per heavy atom. The van der Waals surface area contributed by atoms with Crippen LogP contribution in [0.5, 0.6) is 5.75 Å². The molecule has 3 saturated heterocycles. The number of piperidine rings is 3. The first-order valence-electron chi connectivity index (χ1n) is 11.1. The fourth-order valence-electron chi connectivity index (χ4n) is 7.26. The van der Waals surface area contributed by atoms with E-state index in [1.54, 1.807) is 7.11 Å². The van der Waals surface area contributed by atoms with Crippen LogP contribution in [0.4, 0.5) is 0 Å². The molecule has 0 saturated carbocycles. The molecule has 6 rings (SSSR count). The predicted molar refractivity (Wildman–Crippen MR) is 117 cm³/mol. The summed E-state index contributed by atoms with van der Waals surface area (Å²) in [6, 6.07) is 6.58. The molecule has 4 bridgehead atoms. The number of nitrogens with zero attached hydrogens (tertiary/aromatic N) is 2. The fourth-order valence-corrected chi connectivity index (χ4v) is 7.26. The van der Waals surface area contributed by atoms with Crippen molar-refractivity contribution in [1.82, 2.24) is 4.57 Å². The van der Waals surface area contributed by atoms with Gasteiger partial charge in [-0.1, -0.05) is 18.2 Å². The van der Waals surface area contributed by atoms with Crippen LogP contribution in [0, 0.1) is 11.8 Å². The highest BCUT2D eigenvalue weighted by Gasteiger charge is 2.69. The highest BCUT2D eigenvalue weighted by molar-refractivity contribution is 5.91. The van der Waals surface area contributed by atoms with Crippen molar-refractivity contribution in [3.63, 3.8) is 0 Å². The second-order valence-electron chi connectivity index (χ2n) is 9.67. The molecule has 160 valence electrons. The fraction of sp³-hybridized carbons (Fsp3) is 0.560. The minimum atomic E-state index is -0.0722. The Bertz CT molecular complexity index is 1080. The van der Waals surface area contributed by atoms with Gasteiger partial charge in [-0.05, 0) is 38.0 Å². The van der Waals surface area contributed by atoms with Crippen LogP contribution in [0.1, 0.15) is 38.4 Å². The van der Waals surface area contributed by atoms with E-state index in [4.69, 9.17) is 9.47 Å². The Hall–Kier alpha value is -2.27. The Labute approximate surface area is 178 Å². The summed E-state index contributed by atoms with van der Waals surface area (Å²) in [5.41, 5.74) is 5.36. The number of hydrogen-bond acceptors (Lipinski definition) is 3. The van der Waals surface area contributed by atoms with E-state index in [1.165, 1.54) is 27.7 Å². The zero-order chi connectivity index (χ0) is 21.4. The van der Waals surface area contributed by atoms with Crippen molar-refractivity contribution in [3.8, 4) is 5.75 Å². The van der Waals surface area contributed by atoms with E-state index in [2.05, 4.69) is 50.7 Å². The summed E-state index contributed by atoms with van der Waals surface area (Å²) in [4.78, 5) is 13.2. The minimum Gasteiger partial charge on any atom is -0.495 e. The number of methoxy groups -OCH3 is 1. The van der Waals surface area contributed by atoms with Crippen molar-refractivity contribution in [2.24, 2.45) is 18.9 Å². The molecule has 5 nitrogen and oxygen atoms in total. The predicted octanol–water partition coefficient (Wildman–Crippen LogP) is 3.93. The molecule has 4 aliphatic rings. The number of aromatic nitrogens is 1. The third-order valence-corrected chi connectivity index (χ3v) is 8.67. The number of ether oxygens (including phenoxy) is 2. The molecule has 3 fully saturated rings. The van der Waals surface area contributed by atoms with Gasteiger partial charge in [-0.2, -0.15) is 0 Å². The first-order valence-corrected chi connectivity index (χ1v) is 11.1. The Morgan fingerprint density at radius 3 is 2.83 bits per heavy atom. The molecule has 1 aromatic heterocycles. The number of allylic oxidation sites excluding steroid dienone is 1. The Morgan fingerprint density at radius 1 is 1.40 bits per heavy atom. The lowest BCUT2D eigenvalue weighted by Gasteiger charge is -2.67. The van der Waals surface area contributed by atoms with Gasteiger partial charge in [0.15, 0.2) is 0 Å². The largest absolute Gasteiger partial charge is 0.495 e. The van der Waals surface area contributed by atoms with Crippen LogP contribution >= 0.6 is 0 Å². The molecule has 0 radical (unpaired) electrons. The number of esters is 1. The van der Waals surface area contributed by atoms with Gasteiger partial charge in [-0.3, -0.25) is 4.79 Å². The van der Waals surface area contributed by atoms with Crippen molar-refractivity contribution < 1.29 is 18.8 Å². The number of aryl methyl sites for hydroxylation is 1. The number of rotatable bonds is 3. The topological polar surface area (TPSA) is 40.5 Å². The number of fused-ring (bicyclic) bond motifs is 4. The summed E-state index contributed by atoms with van der Waals surface area (Å²) in [5.74, 6) is 1.09. The highest BCUT2D eigenvalue weighted by Crippen LogP contribution is 2.61. The maximum Gasteiger partial charge on any atom is 0.315 e. The van der Waals surface area contributed by atoms with E-state index >= 15 is 0 Å². The van der Waals surface area contributed by atoms with Crippen LogP contribution in [0.3, 0.4) is 0 Å². The molecule has 0 aliphatic carbocycles. The van der Waals surface area contributed by atoms with Gasteiger partial charge in [0.1, 0.15) is 29.8 Å². The van der Waals surface area contributed by atoms with Crippen molar-refractivity contribution in [3.05, 3.63) is 41.1 Å². The average molecular weight is 410 g/mol. The maximum atomic E-state index is 13.2.